The average molecular weight is 313 g/mol. The molecule has 4 heteroatoms. The molecule has 0 saturated carbocycles. The molecule has 2 aromatic carbocycles. The third kappa shape index (κ3) is 3.15. The van der Waals surface area contributed by atoms with E-state index in [0.29, 0.717) is 0 Å². The van der Waals surface area contributed by atoms with Gasteiger partial charge in [0.2, 0.25) is 0 Å². The summed E-state index contributed by atoms with van der Waals surface area (Å²) < 4.78 is 27.4. The third-order valence-corrected chi connectivity index (χ3v) is 3.19. The lowest BCUT2D eigenvalue weighted by Crippen LogP contribution is -2.05. The molecule has 0 aliphatic carbocycles. The number of hydrogen-bond acceptors (Lipinski definition) is 1. The maximum atomic E-state index is 13.5. The second-order valence-corrected chi connectivity index (χ2v) is 4.93. The summed E-state index contributed by atoms with van der Waals surface area (Å²) in [5, 5.41) is 9.93. The quantitative estimate of drug-likeness (QED) is 0.908. The Labute approximate surface area is 112 Å². The number of hydrogen-bond donors (Lipinski definition) is 1. The molecule has 1 nitrogen and oxygen atoms in total. The van der Waals surface area contributed by atoms with Crippen LogP contribution in [0.15, 0.2) is 46.9 Å². The number of aliphatic hydroxyl groups is 1. The van der Waals surface area contributed by atoms with Gasteiger partial charge in [0, 0.05) is 16.5 Å². The van der Waals surface area contributed by atoms with Crippen LogP contribution < -0.4 is 0 Å². The molecular formula is C14H11BrF2O. The van der Waals surface area contributed by atoms with Crippen LogP contribution in [0.5, 0.6) is 0 Å². The predicted molar refractivity (Wildman–Crippen MR) is 69.2 cm³/mol. The van der Waals surface area contributed by atoms with E-state index in [2.05, 4.69) is 15.9 Å². The topological polar surface area (TPSA) is 20.2 Å². The SMILES string of the molecule is OC(Cc1ccc(Br)cc1)c1cc(F)ccc1F. The van der Waals surface area contributed by atoms with Crippen LogP contribution in [-0.4, -0.2) is 5.11 Å². The van der Waals surface area contributed by atoms with Crippen LogP contribution in [0.25, 0.3) is 0 Å². The zero-order valence-corrected chi connectivity index (χ0v) is 11.0. The predicted octanol–water partition coefficient (Wildman–Crippen LogP) is 4.00. The minimum Gasteiger partial charge on any atom is -0.388 e. The van der Waals surface area contributed by atoms with Gasteiger partial charge in [-0.1, -0.05) is 28.1 Å². The molecule has 2 aromatic rings. The van der Waals surface area contributed by atoms with Crippen LogP contribution in [0, 0.1) is 11.6 Å². The molecule has 0 bridgehead atoms. The first-order valence-electron chi connectivity index (χ1n) is 5.44. The molecule has 0 aromatic heterocycles. The molecular weight excluding hydrogens is 302 g/mol. The molecule has 1 atom stereocenters. The fourth-order valence-electron chi connectivity index (χ4n) is 1.72. The molecule has 0 amide bonds. The smallest absolute Gasteiger partial charge is 0.129 e. The van der Waals surface area contributed by atoms with Crippen LogP contribution in [-0.2, 0) is 6.42 Å². The summed E-state index contributed by atoms with van der Waals surface area (Å²) in [5.41, 5.74) is 0.840. The van der Waals surface area contributed by atoms with E-state index in [4.69, 9.17) is 0 Å². The van der Waals surface area contributed by atoms with Crippen molar-refractivity contribution in [2.75, 3.05) is 0 Å². The Balaban J connectivity index is 2.18. The standard InChI is InChI=1S/C14H11BrF2O/c15-10-3-1-9(2-4-10)7-14(18)12-8-11(16)5-6-13(12)17/h1-6,8,14,18H,7H2. The molecule has 0 saturated heterocycles. The highest BCUT2D eigenvalue weighted by molar-refractivity contribution is 9.10. The van der Waals surface area contributed by atoms with Crippen molar-refractivity contribution in [2.45, 2.75) is 12.5 Å². The first kappa shape index (κ1) is 13.2. The van der Waals surface area contributed by atoms with Gasteiger partial charge in [-0.25, -0.2) is 8.78 Å². The highest BCUT2D eigenvalue weighted by Gasteiger charge is 2.14. The second kappa shape index (κ2) is 5.59. The summed E-state index contributed by atoms with van der Waals surface area (Å²) in [6, 6.07) is 10.4. The van der Waals surface area contributed by atoms with Gasteiger partial charge in [0.1, 0.15) is 11.6 Å². The van der Waals surface area contributed by atoms with E-state index in [1.165, 1.54) is 0 Å². The summed E-state index contributed by atoms with van der Waals surface area (Å²) in [7, 11) is 0. The van der Waals surface area contributed by atoms with Gasteiger partial charge in [0.15, 0.2) is 0 Å². The Kier molecular flexibility index (Phi) is 4.09. The molecule has 1 unspecified atom stereocenters. The molecule has 2 rings (SSSR count). The van der Waals surface area contributed by atoms with E-state index in [9.17, 15) is 13.9 Å². The monoisotopic (exact) mass is 312 g/mol. The van der Waals surface area contributed by atoms with Crippen molar-refractivity contribution in [1.29, 1.82) is 0 Å². The third-order valence-electron chi connectivity index (χ3n) is 2.66. The van der Waals surface area contributed by atoms with Crippen molar-refractivity contribution in [1.82, 2.24) is 0 Å². The Bertz CT molecular complexity index is 540. The van der Waals surface area contributed by atoms with Gasteiger partial charge < -0.3 is 5.11 Å². The summed E-state index contributed by atoms with van der Waals surface area (Å²) in [4.78, 5) is 0. The van der Waals surface area contributed by atoms with Gasteiger partial charge in [0.25, 0.3) is 0 Å². The van der Waals surface area contributed by atoms with E-state index in [0.717, 1.165) is 28.2 Å². The first-order valence-corrected chi connectivity index (χ1v) is 6.23. The average Bonchev–Trinajstić information content (AvgIpc) is 2.35. The van der Waals surface area contributed by atoms with Crippen LogP contribution in [0.4, 0.5) is 8.78 Å². The summed E-state index contributed by atoms with van der Waals surface area (Å²) in [6.45, 7) is 0. The maximum absolute atomic E-state index is 13.5. The van der Waals surface area contributed by atoms with E-state index in [1.807, 2.05) is 24.3 Å². The minimum absolute atomic E-state index is 0.0158. The van der Waals surface area contributed by atoms with Crippen LogP contribution in [0.2, 0.25) is 0 Å². The molecule has 0 spiro atoms. The zero-order chi connectivity index (χ0) is 13.1. The van der Waals surface area contributed by atoms with E-state index in [1.54, 1.807) is 0 Å². The molecule has 0 fully saturated rings. The Hall–Kier alpha value is -1.26. The normalized spacial score (nSPS) is 12.4. The van der Waals surface area contributed by atoms with Crippen molar-refractivity contribution < 1.29 is 13.9 Å². The van der Waals surface area contributed by atoms with Gasteiger partial charge in [-0.2, -0.15) is 0 Å². The van der Waals surface area contributed by atoms with Crippen LogP contribution >= 0.6 is 15.9 Å². The summed E-state index contributed by atoms with van der Waals surface area (Å²) >= 11 is 3.31. The van der Waals surface area contributed by atoms with Crippen molar-refractivity contribution in [3.63, 3.8) is 0 Å². The van der Waals surface area contributed by atoms with Gasteiger partial charge in [0.05, 0.1) is 6.10 Å². The van der Waals surface area contributed by atoms with Gasteiger partial charge in [-0.05, 0) is 35.9 Å². The van der Waals surface area contributed by atoms with Crippen molar-refractivity contribution >= 4 is 15.9 Å². The highest BCUT2D eigenvalue weighted by atomic mass is 79.9. The number of rotatable bonds is 3. The Morgan fingerprint density at radius 1 is 1.06 bits per heavy atom. The maximum Gasteiger partial charge on any atom is 0.129 e. The fraction of sp³-hybridized carbons (Fsp3) is 0.143. The molecule has 94 valence electrons. The molecule has 0 aliphatic heterocycles. The largest absolute Gasteiger partial charge is 0.388 e. The molecule has 1 N–H and O–H groups in total. The number of aliphatic hydroxyl groups excluding tert-OH is 1. The summed E-state index contributed by atoms with van der Waals surface area (Å²) in [6.07, 6.45) is -0.810. The molecule has 0 heterocycles. The van der Waals surface area contributed by atoms with Gasteiger partial charge >= 0.3 is 0 Å². The van der Waals surface area contributed by atoms with E-state index in [-0.39, 0.29) is 12.0 Å². The van der Waals surface area contributed by atoms with Crippen molar-refractivity contribution in [3.8, 4) is 0 Å². The minimum atomic E-state index is -1.05. The van der Waals surface area contributed by atoms with E-state index < -0.39 is 17.7 Å². The lowest BCUT2D eigenvalue weighted by atomic mass is 10.0. The molecule has 18 heavy (non-hydrogen) atoms. The Morgan fingerprint density at radius 3 is 2.39 bits per heavy atom. The summed E-state index contributed by atoms with van der Waals surface area (Å²) in [5.74, 6) is -1.15. The zero-order valence-electron chi connectivity index (χ0n) is 9.41. The Morgan fingerprint density at radius 2 is 1.72 bits per heavy atom. The van der Waals surface area contributed by atoms with Crippen LogP contribution in [0.3, 0.4) is 0 Å². The van der Waals surface area contributed by atoms with E-state index >= 15 is 0 Å². The lowest BCUT2D eigenvalue weighted by Gasteiger charge is -2.12. The number of halogens is 3. The van der Waals surface area contributed by atoms with Crippen molar-refractivity contribution in [2.24, 2.45) is 0 Å². The van der Waals surface area contributed by atoms with Crippen molar-refractivity contribution in [3.05, 3.63) is 69.7 Å². The number of benzene rings is 2. The molecule has 0 aliphatic rings. The lowest BCUT2D eigenvalue weighted by molar-refractivity contribution is 0.173. The fourth-order valence-corrected chi connectivity index (χ4v) is 1.99. The highest BCUT2D eigenvalue weighted by Crippen LogP contribution is 2.22. The second-order valence-electron chi connectivity index (χ2n) is 4.01. The molecule has 0 radical (unpaired) electrons. The van der Waals surface area contributed by atoms with Gasteiger partial charge in [-0.15, -0.1) is 0 Å². The van der Waals surface area contributed by atoms with Gasteiger partial charge in [-0.3, -0.25) is 0 Å². The van der Waals surface area contributed by atoms with Crippen LogP contribution in [0.1, 0.15) is 17.2 Å². The first-order chi connectivity index (χ1) is 8.56.